The molecular formula is C20H20N2O5S. The van der Waals surface area contributed by atoms with Gasteiger partial charge in [-0.25, -0.2) is 14.6 Å². The number of carbonyl (C=O) groups excluding carboxylic acids is 2. The highest BCUT2D eigenvalue weighted by Crippen LogP contribution is 2.27. The summed E-state index contributed by atoms with van der Waals surface area (Å²) in [6.07, 6.45) is 1.31. The van der Waals surface area contributed by atoms with Crippen LogP contribution in [0.5, 0.6) is 0 Å². The molecule has 0 fully saturated rings. The molecule has 2 heterocycles. The monoisotopic (exact) mass is 400 g/mol. The van der Waals surface area contributed by atoms with Crippen molar-refractivity contribution >= 4 is 33.5 Å². The van der Waals surface area contributed by atoms with Gasteiger partial charge in [-0.05, 0) is 31.9 Å². The molecule has 0 saturated heterocycles. The fourth-order valence-corrected chi connectivity index (χ4v) is 3.80. The predicted octanol–water partition coefficient (Wildman–Crippen LogP) is 3.25. The summed E-state index contributed by atoms with van der Waals surface area (Å²) in [5.41, 5.74) is 0.977. The molecule has 0 radical (unpaired) electrons. The third kappa shape index (κ3) is 3.82. The zero-order chi connectivity index (χ0) is 20.3. The van der Waals surface area contributed by atoms with Crippen LogP contribution >= 0.6 is 11.3 Å². The van der Waals surface area contributed by atoms with E-state index in [1.54, 1.807) is 20.8 Å². The Kier molecular flexibility index (Phi) is 5.89. The van der Waals surface area contributed by atoms with Gasteiger partial charge in [-0.2, -0.15) is 0 Å². The Balaban J connectivity index is 1.87. The normalized spacial score (nSPS) is 12.0. The number of hydrogen-bond acceptors (Lipinski definition) is 7. The molecule has 1 aromatic carbocycles. The van der Waals surface area contributed by atoms with E-state index in [1.807, 2.05) is 30.3 Å². The van der Waals surface area contributed by atoms with E-state index in [2.05, 4.69) is 4.98 Å². The number of fused-ring (bicyclic) bond motifs is 1. The summed E-state index contributed by atoms with van der Waals surface area (Å²) in [5, 5.41) is 0.318. The van der Waals surface area contributed by atoms with Gasteiger partial charge in [0, 0.05) is 0 Å². The summed E-state index contributed by atoms with van der Waals surface area (Å²) in [6.45, 7) is 5.34. The van der Waals surface area contributed by atoms with Crippen LogP contribution in [0.15, 0.2) is 41.5 Å². The Hall–Kier alpha value is -3.00. The molecule has 0 unspecified atom stereocenters. The fourth-order valence-electron chi connectivity index (χ4n) is 2.77. The van der Waals surface area contributed by atoms with Crippen LogP contribution in [0.1, 0.15) is 40.7 Å². The van der Waals surface area contributed by atoms with E-state index >= 15 is 0 Å². The zero-order valence-corrected chi connectivity index (χ0v) is 16.6. The van der Waals surface area contributed by atoms with Crippen LogP contribution < -0.4 is 5.56 Å². The minimum absolute atomic E-state index is 0.124. The van der Waals surface area contributed by atoms with Gasteiger partial charge in [0.05, 0.1) is 18.3 Å². The molecule has 0 aliphatic rings. The van der Waals surface area contributed by atoms with Crippen molar-refractivity contribution < 1.29 is 19.1 Å². The summed E-state index contributed by atoms with van der Waals surface area (Å²) in [4.78, 5) is 42.4. The van der Waals surface area contributed by atoms with Gasteiger partial charge in [-0.1, -0.05) is 30.3 Å². The lowest BCUT2D eigenvalue weighted by atomic mass is 10.2. The molecule has 0 aliphatic heterocycles. The highest BCUT2D eigenvalue weighted by Gasteiger charge is 2.24. The second kappa shape index (κ2) is 8.35. The average Bonchev–Trinajstić information content (AvgIpc) is 3.04. The first-order valence-corrected chi connectivity index (χ1v) is 9.63. The minimum Gasteiger partial charge on any atom is -0.462 e. The molecule has 8 heteroatoms. The molecular weight excluding hydrogens is 380 g/mol. The van der Waals surface area contributed by atoms with Gasteiger partial charge >= 0.3 is 11.9 Å². The summed E-state index contributed by atoms with van der Waals surface area (Å²) < 4.78 is 11.6. The summed E-state index contributed by atoms with van der Waals surface area (Å²) >= 11 is 1.11. The zero-order valence-electron chi connectivity index (χ0n) is 15.8. The average molecular weight is 400 g/mol. The number of benzene rings is 1. The van der Waals surface area contributed by atoms with E-state index in [9.17, 15) is 14.4 Å². The van der Waals surface area contributed by atoms with Crippen molar-refractivity contribution in [3.63, 3.8) is 0 Å². The topological polar surface area (TPSA) is 87.5 Å². The number of carbonyl (C=O) groups is 2. The fraction of sp³-hybridized carbons (Fsp3) is 0.300. The van der Waals surface area contributed by atoms with Crippen molar-refractivity contribution in [1.82, 2.24) is 9.55 Å². The third-order valence-corrected chi connectivity index (χ3v) is 5.50. The van der Waals surface area contributed by atoms with Crippen molar-refractivity contribution in [2.45, 2.75) is 33.4 Å². The number of hydrogen-bond donors (Lipinski definition) is 0. The van der Waals surface area contributed by atoms with Crippen LogP contribution in [0.25, 0.3) is 10.2 Å². The van der Waals surface area contributed by atoms with Crippen molar-refractivity contribution in [2.75, 3.05) is 6.61 Å². The van der Waals surface area contributed by atoms with Gasteiger partial charge in [0.25, 0.3) is 5.56 Å². The molecule has 3 rings (SSSR count). The molecule has 7 nitrogen and oxygen atoms in total. The smallest absolute Gasteiger partial charge is 0.348 e. The minimum atomic E-state index is -0.849. The Bertz CT molecular complexity index is 1070. The lowest BCUT2D eigenvalue weighted by Gasteiger charge is -2.14. The molecule has 1 atom stereocenters. The Morgan fingerprint density at radius 1 is 1.21 bits per heavy atom. The van der Waals surface area contributed by atoms with Crippen molar-refractivity contribution in [3.8, 4) is 0 Å². The van der Waals surface area contributed by atoms with E-state index in [4.69, 9.17) is 9.47 Å². The third-order valence-electron chi connectivity index (χ3n) is 4.32. The highest BCUT2D eigenvalue weighted by atomic mass is 32.1. The molecule has 3 aromatic rings. The predicted molar refractivity (Wildman–Crippen MR) is 106 cm³/mol. The quantitative estimate of drug-likeness (QED) is 0.590. The molecule has 0 N–H and O–H groups in total. The molecule has 2 aromatic heterocycles. The van der Waals surface area contributed by atoms with E-state index in [0.29, 0.717) is 20.7 Å². The molecule has 0 bridgehead atoms. The van der Waals surface area contributed by atoms with Crippen molar-refractivity contribution in [3.05, 3.63) is 63.0 Å². The lowest BCUT2D eigenvalue weighted by molar-refractivity contribution is -0.148. The van der Waals surface area contributed by atoms with Crippen LogP contribution in [-0.4, -0.2) is 28.1 Å². The second-order valence-electron chi connectivity index (χ2n) is 6.18. The van der Waals surface area contributed by atoms with Crippen LogP contribution in [0.2, 0.25) is 0 Å². The van der Waals surface area contributed by atoms with Crippen LogP contribution in [0.3, 0.4) is 0 Å². The van der Waals surface area contributed by atoms with Gasteiger partial charge in [-0.15, -0.1) is 11.3 Å². The van der Waals surface area contributed by atoms with E-state index in [0.717, 1.165) is 16.9 Å². The van der Waals surface area contributed by atoms with Gasteiger partial charge in [0.1, 0.15) is 22.4 Å². The molecule has 0 amide bonds. The Labute approximate surface area is 165 Å². The van der Waals surface area contributed by atoms with Crippen molar-refractivity contribution in [1.29, 1.82) is 0 Å². The summed E-state index contributed by atoms with van der Waals surface area (Å²) in [6, 6.07) is 8.44. The highest BCUT2D eigenvalue weighted by molar-refractivity contribution is 7.20. The summed E-state index contributed by atoms with van der Waals surface area (Å²) in [7, 11) is 0. The summed E-state index contributed by atoms with van der Waals surface area (Å²) in [5.74, 6) is -1.02. The molecule has 146 valence electrons. The first kappa shape index (κ1) is 19.8. The molecule has 28 heavy (non-hydrogen) atoms. The number of ether oxygens (including phenoxy) is 2. The molecule has 0 spiro atoms. The number of thiophene rings is 1. The van der Waals surface area contributed by atoms with Crippen molar-refractivity contribution in [2.24, 2.45) is 0 Å². The van der Waals surface area contributed by atoms with Gasteiger partial charge in [-0.3, -0.25) is 9.36 Å². The Morgan fingerprint density at radius 3 is 2.61 bits per heavy atom. The maximum atomic E-state index is 12.9. The van der Waals surface area contributed by atoms with Gasteiger partial charge in [0.2, 0.25) is 0 Å². The second-order valence-corrected chi connectivity index (χ2v) is 7.18. The van der Waals surface area contributed by atoms with E-state index in [1.165, 1.54) is 10.9 Å². The molecule has 0 saturated carbocycles. The number of rotatable bonds is 6. The first-order chi connectivity index (χ1) is 13.4. The largest absolute Gasteiger partial charge is 0.462 e. The SMILES string of the molecule is CCOC(=O)c1sc2ncn([C@@H](C)C(=O)OCc3ccccc3)c(=O)c2c1C. The van der Waals surface area contributed by atoms with Crippen LogP contribution in [-0.2, 0) is 20.9 Å². The van der Waals surface area contributed by atoms with E-state index < -0.39 is 23.5 Å². The first-order valence-electron chi connectivity index (χ1n) is 8.82. The van der Waals surface area contributed by atoms with Gasteiger partial charge in [0.15, 0.2) is 0 Å². The van der Waals surface area contributed by atoms with E-state index in [-0.39, 0.29) is 13.2 Å². The maximum Gasteiger partial charge on any atom is 0.348 e. The maximum absolute atomic E-state index is 12.9. The lowest BCUT2D eigenvalue weighted by Crippen LogP contribution is -2.29. The number of aromatic nitrogens is 2. The van der Waals surface area contributed by atoms with Gasteiger partial charge < -0.3 is 9.47 Å². The molecule has 0 aliphatic carbocycles. The van der Waals surface area contributed by atoms with Crippen LogP contribution in [0.4, 0.5) is 0 Å². The number of esters is 2. The Morgan fingerprint density at radius 2 is 1.93 bits per heavy atom. The standard InChI is InChI=1S/C20H20N2O5S/c1-4-26-20(25)16-12(2)15-17(28-16)21-11-22(18(15)23)13(3)19(24)27-10-14-8-6-5-7-9-14/h5-9,11,13H,4,10H2,1-3H3/t13-/m0/s1. The van der Waals surface area contributed by atoms with Crippen LogP contribution in [0, 0.1) is 6.92 Å². The number of aryl methyl sites for hydroxylation is 1. The number of nitrogens with zero attached hydrogens (tertiary/aromatic N) is 2.